The second-order valence-electron chi connectivity index (χ2n) is 13.2. The molecule has 45 heavy (non-hydrogen) atoms. The Labute approximate surface area is 279 Å². The van der Waals surface area contributed by atoms with Crippen LogP contribution in [0.3, 0.4) is 0 Å². The molecule has 0 spiro atoms. The molecule has 266 valence electrons. The molecule has 0 bridgehead atoms. The predicted molar refractivity (Wildman–Crippen MR) is 193 cm³/mol. The van der Waals surface area contributed by atoms with Crippen molar-refractivity contribution in [3.8, 4) is 0 Å². The van der Waals surface area contributed by atoms with Crippen LogP contribution >= 0.6 is 0 Å². The summed E-state index contributed by atoms with van der Waals surface area (Å²) in [6, 6.07) is -1.06. The molecule has 0 aromatic carbocycles. The monoisotopic (exact) mass is 656 g/mol. The van der Waals surface area contributed by atoms with Crippen LogP contribution in [0.1, 0.15) is 194 Å². The van der Waals surface area contributed by atoms with Gasteiger partial charge in [-0.15, -0.1) is 0 Å². The fourth-order valence-electron chi connectivity index (χ4n) is 5.72. The first kappa shape index (κ1) is 43.8. The first-order chi connectivity index (χ1) is 21.8. The quantitative estimate of drug-likeness (QED) is 0.0363. The molecule has 0 fully saturated rings. The summed E-state index contributed by atoms with van der Waals surface area (Å²) in [5, 5.41) is 13.2. The van der Waals surface area contributed by atoms with E-state index >= 15 is 0 Å². The zero-order chi connectivity index (χ0) is 33.3. The predicted octanol–water partition coefficient (Wildman–Crippen LogP) is 10.8. The number of aliphatic hydroxyl groups excluding tert-OH is 1. The summed E-state index contributed by atoms with van der Waals surface area (Å²) in [7, 11) is -4.34. The van der Waals surface area contributed by atoms with Crippen LogP contribution in [0.25, 0.3) is 0 Å². The minimum Gasteiger partial charge on any atom is -0.387 e. The number of carbonyl (C=O) groups excluding carboxylic acids is 1. The van der Waals surface area contributed by atoms with Crippen molar-refractivity contribution in [2.75, 3.05) is 5.75 Å². The number of hydrogen-bond acceptors (Lipinski definition) is 4. The molecule has 0 aliphatic heterocycles. The molecule has 0 aliphatic rings. The van der Waals surface area contributed by atoms with Gasteiger partial charge >= 0.3 is 0 Å². The molecule has 3 N–H and O–H groups in total. The number of hydrogen-bond donors (Lipinski definition) is 3. The minimum atomic E-state index is -4.34. The first-order valence-electron chi connectivity index (χ1n) is 19.0. The molecule has 0 saturated carbocycles. The van der Waals surface area contributed by atoms with Crippen LogP contribution in [0, 0.1) is 0 Å². The Hall–Kier alpha value is -1.18. The van der Waals surface area contributed by atoms with Gasteiger partial charge in [-0.3, -0.25) is 9.35 Å². The van der Waals surface area contributed by atoms with Gasteiger partial charge in [0.15, 0.2) is 0 Å². The molecular weight excluding hydrogens is 582 g/mol. The molecule has 0 aromatic rings. The largest absolute Gasteiger partial charge is 0.387 e. The number of rotatable bonds is 34. The Morgan fingerprint density at radius 2 is 0.956 bits per heavy atom. The van der Waals surface area contributed by atoms with Gasteiger partial charge in [-0.05, 0) is 38.5 Å². The van der Waals surface area contributed by atoms with Gasteiger partial charge in [0.05, 0.1) is 17.9 Å². The van der Waals surface area contributed by atoms with E-state index in [-0.39, 0.29) is 12.3 Å². The van der Waals surface area contributed by atoms with Crippen LogP contribution in [-0.2, 0) is 14.9 Å². The number of nitrogens with one attached hydrogen (secondary N) is 1. The van der Waals surface area contributed by atoms with Crippen molar-refractivity contribution in [1.82, 2.24) is 5.32 Å². The third-order valence-corrected chi connectivity index (χ3v) is 9.40. The third kappa shape index (κ3) is 34.0. The van der Waals surface area contributed by atoms with Crippen molar-refractivity contribution < 1.29 is 22.9 Å². The highest BCUT2D eigenvalue weighted by Gasteiger charge is 2.24. The van der Waals surface area contributed by atoms with E-state index in [9.17, 15) is 22.9 Å². The Morgan fingerprint density at radius 3 is 1.40 bits per heavy atom. The lowest BCUT2D eigenvalue weighted by Crippen LogP contribution is -2.46. The summed E-state index contributed by atoms with van der Waals surface area (Å²) in [6.07, 6.45) is 40.2. The second-order valence-corrected chi connectivity index (χ2v) is 14.7. The highest BCUT2D eigenvalue weighted by atomic mass is 32.2. The van der Waals surface area contributed by atoms with Crippen LogP contribution < -0.4 is 5.32 Å². The SMILES string of the molecule is CCCC/C=C\CCCCCCCC(=O)NC(CS(=O)(=O)O)C(O)/C=C/CCCCCCCCCCCCCCCCCCC. The van der Waals surface area contributed by atoms with Crippen LogP contribution in [0.2, 0.25) is 0 Å². The Bertz CT molecular complexity index is 811. The van der Waals surface area contributed by atoms with E-state index in [1.807, 2.05) is 6.08 Å². The minimum absolute atomic E-state index is 0.286. The van der Waals surface area contributed by atoms with Crippen LogP contribution in [0.15, 0.2) is 24.3 Å². The molecule has 0 heterocycles. The van der Waals surface area contributed by atoms with Crippen molar-refractivity contribution >= 4 is 16.0 Å². The highest BCUT2D eigenvalue weighted by molar-refractivity contribution is 7.85. The first-order valence-corrected chi connectivity index (χ1v) is 20.6. The number of amides is 1. The van der Waals surface area contributed by atoms with Crippen molar-refractivity contribution in [3.05, 3.63) is 24.3 Å². The van der Waals surface area contributed by atoms with E-state index in [1.54, 1.807) is 6.08 Å². The van der Waals surface area contributed by atoms with Gasteiger partial charge in [0.25, 0.3) is 10.1 Å². The summed E-state index contributed by atoms with van der Waals surface area (Å²) >= 11 is 0. The number of carbonyl (C=O) groups is 1. The summed E-state index contributed by atoms with van der Waals surface area (Å²) in [5.41, 5.74) is 0. The second kappa shape index (κ2) is 32.7. The smallest absolute Gasteiger partial charge is 0.267 e. The van der Waals surface area contributed by atoms with Gasteiger partial charge < -0.3 is 10.4 Å². The zero-order valence-corrected chi connectivity index (χ0v) is 30.3. The molecule has 1 amide bonds. The van der Waals surface area contributed by atoms with Crippen LogP contribution in [-0.4, -0.2) is 41.9 Å². The molecule has 0 radical (unpaired) electrons. The normalized spacial score (nSPS) is 13.6. The average molecular weight is 656 g/mol. The summed E-state index contributed by atoms with van der Waals surface area (Å²) in [4.78, 5) is 12.4. The van der Waals surface area contributed by atoms with E-state index in [1.165, 1.54) is 109 Å². The topological polar surface area (TPSA) is 104 Å². The molecule has 2 unspecified atom stereocenters. The maximum Gasteiger partial charge on any atom is 0.267 e. The Balaban J connectivity index is 3.92. The van der Waals surface area contributed by atoms with Crippen LogP contribution in [0.5, 0.6) is 0 Å². The van der Waals surface area contributed by atoms with Crippen molar-refractivity contribution in [2.45, 2.75) is 206 Å². The standard InChI is InChI=1S/C38H73NO5S/c1-3-5-7-9-11-13-15-16-17-18-19-20-21-22-24-25-27-29-31-33-37(40)36(35-45(42,43)44)39-38(41)34-32-30-28-26-23-14-12-10-8-6-4-2/h10,12,31,33,36-37,40H,3-9,11,13-30,32,34-35H2,1-2H3,(H,39,41)(H,42,43,44)/b12-10-,33-31+. The molecule has 0 aromatic heterocycles. The fraction of sp³-hybridized carbons (Fsp3) is 0.868. The van der Waals surface area contributed by atoms with E-state index in [0.29, 0.717) is 0 Å². The maximum absolute atomic E-state index is 12.4. The van der Waals surface area contributed by atoms with Gasteiger partial charge in [-0.1, -0.05) is 173 Å². The molecule has 6 nitrogen and oxygen atoms in total. The fourth-order valence-corrected chi connectivity index (χ4v) is 6.46. The number of aliphatic hydroxyl groups is 1. The summed E-state index contributed by atoms with van der Waals surface area (Å²) in [6.45, 7) is 4.47. The van der Waals surface area contributed by atoms with E-state index in [2.05, 4.69) is 31.3 Å². The molecule has 0 aliphatic carbocycles. The van der Waals surface area contributed by atoms with Crippen molar-refractivity contribution in [3.63, 3.8) is 0 Å². The van der Waals surface area contributed by atoms with Gasteiger partial charge in [0.1, 0.15) is 0 Å². The van der Waals surface area contributed by atoms with E-state index in [0.717, 1.165) is 64.2 Å². The molecule has 2 atom stereocenters. The maximum atomic E-state index is 12.4. The highest BCUT2D eigenvalue weighted by Crippen LogP contribution is 2.15. The molecule has 0 rings (SSSR count). The lowest BCUT2D eigenvalue weighted by Gasteiger charge is -2.21. The Morgan fingerprint density at radius 1 is 0.578 bits per heavy atom. The van der Waals surface area contributed by atoms with Crippen molar-refractivity contribution in [1.29, 1.82) is 0 Å². The van der Waals surface area contributed by atoms with Crippen LogP contribution in [0.4, 0.5) is 0 Å². The third-order valence-electron chi connectivity index (χ3n) is 8.62. The van der Waals surface area contributed by atoms with E-state index < -0.39 is 28.0 Å². The number of allylic oxidation sites excluding steroid dienone is 3. The molecule has 7 heteroatoms. The zero-order valence-electron chi connectivity index (χ0n) is 29.5. The summed E-state index contributed by atoms with van der Waals surface area (Å²) < 4.78 is 32.3. The summed E-state index contributed by atoms with van der Waals surface area (Å²) in [5.74, 6) is -0.988. The molecular formula is C38H73NO5S. The van der Waals surface area contributed by atoms with Crippen molar-refractivity contribution in [2.24, 2.45) is 0 Å². The lowest BCUT2D eigenvalue weighted by molar-refractivity contribution is -0.122. The number of unbranched alkanes of at least 4 members (excludes halogenated alkanes) is 24. The van der Waals surface area contributed by atoms with Gasteiger partial charge in [-0.25, -0.2) is 0 Å². The van der Waals surface area contributed by atoms with Gasteiger partial charge in [0.2, 0.25) is 5.91 Å². The lowest BCUT2D eigenvalue weighted by atomic mass is 10.0. The molecule has 0 saturated heterocycles. The average Bonchev–Trinajstić information content (AvgIpc) is 3.00. The van der Waals surface area contributed by atoms with Gasteiger partial charge in [-0.2, -0.15) is 8.42 Å². The van der Waals surface area contributed by atoms with E-state index in [4.69, 9.17) is 0 Å². The Kier molecular flexibility index (Phi) is 31.9. The van der Waals surface area contributed by atoms with Gasteiger partial charge in [0, 0.05) is 6.42 Å².